The van der Waals surface area contributed by atoms with Gasteiger partial charge in [0.2, 0.25) is 10.0 Å². The van der Waals surface area contributed by atoms with Crippen LogP contribution in [0.25, 0.3) is 0 Å². The van der Waals surface area contributed by atoms with E-state index in [0.29, 0.717) is 17.6 Å². The molecule has 0 spiro atoms. The molecule has 1 atom stereocenters. The van der Waals surface area contributed by atoms with Gasteiger partial charge in [0.15, 0.2) is 0 Å². The summed E-state index contributed by atoms with van der Waals surface area (Å²) in [6.45, 7) is 2.60. The number of nitrogens with zero attached hydrogens (tertiary/aromatic N) is 2. The van der Waals surface area contributed by atoms with Gasteiger partial charge in [-0.2, -0.15) is 4.31 Å². The van der Waals surface area contributed by atoms with Crippen LogP contribution in [0.2, 0.25) is 0 Å². The van der Waals surface area contributed by atoms with E-state index in [-0.39, 0.29) is 10.9 Å². The molecule has 2 aliphatic heterocycles. The van der Waals surface area contributed by atoms with Crippen LogP contribution in [0.5, 0.6) is 0 Å². The molecule has 1 aromatic rings. The van der Waals surface area contributed by atoms with E-state index in [2.05, 4.69) is 33.0 Å². The van der Waals surface area contributed by atoms with Crippen molar-refractivity contribution in [1.29, 1.82) is 0 Å². The maximum absolute atomic E-state index is 13.9. The normalized spacial score (nSPS) is 24.0. The quantitative estimate of drug-likeness (QED) is 0.761. The van der Waals surface area contributed by atoms with Crippen molar-refractivity contribution >= 4 is 26.0 Å². The Hall–Kier alpha value is -0.760. The van der Waals surface area contributed by atoms with E-state index in [0.717, 1.165) is 19.5 Å². The first-order valence-electron chi connectivity index (χ1n) is 6.83. The topological polar surface area (TPSA) is 40.6 Å². The Kier molecular flexibility index (Phi) is 4.18. The second kappa shape index (κ2) is 5.79. The number of hydrogen-bond donors (Lipinski definition) is 0. The SMILES string of the molecule is O=S(=O)(c1cc(Br)ccc1F)N1CC[C@H](N2CC=CC2)C1. The van der Waals surface area contributed by atoms with E-state index in [9.17, 15) is 12.8 Å². The standard InChI is InChI=1S/C14H16BrFN2O2S/c15-11-3-4-13(16)14(9-11)21(19,20)18-8-5-12(10-18)17-6-1-2-7-17/h1-4,9,12H,5-8,10H2/t12-/m0/s1. The highest BCUT2D eigenvalue weighted by Crippen LogP contribution is 2.27. The van der Waals surface area contributed by atoms with E-state index >= 15 is 0 Å². The molecule has 4 nitrogen and oxygen atoms in total. The van der Waals surface area contributed by atoms with Gasteiger partial charge in [-0.05, 0) is 24.6 Å². The largest absolute Gasteiger partial charge is 0.292 e. The molecule has 2 heterocycles. The average molecular weight is 375 g/mol. The Morgan fingerprint density at radius 3 is 2.67 bits per heavy atom. The molecule has 114 valence electrons. The summed E-state index contributed by atoms with van der Waals surface area (Å²) in [5.74, 6) is -0.704. The van der Waals surface area contributed by atoms with Gasteiger partial charge in [-0.3, -0.25) is 4.90 Å². The van der Waals surface area contributed by atoms with E-state index < -0.39 is 15.8 Å². The van der Waals surface area contributed by atoms with Gasteiger partial charge in [0.1, 0.15) is 10.7 Å². The average Bonchev–Trinajstić information content (AvgIpc) is 3.11. The predicted octanol–water partition coefficient (Wildman–Crippen LogP) is 2.22. The van der Waals surface area contributed by atoms with Gasteiger partial charge in [0.25, 0.3) is 0 Å². The first-order chi connectivity index (χ1) is 9.98. The van der Waals surface area contributed by atoms with Gasteiger partial charge < -0.3 is 0 Å². The third-order valence-corrected chi connectivity index (χ3v) is 6.37. The maximum atomic E-state index is 13.9. The molecule has 0 N–H and O–H groups in total. The minimum atomic E-state index is -3.77. The van der Waals surface area contributed by atoms with Crippen molar-refractivity contribution in [3.05, 3.63) is 40.6 Å². The number of rotatable bonds is 3. The zero-order valence-corrected chi connectivity index (χ0v) is 13.8. The van der Waals surface area contributed by atoms with Gasteiger partial charge >= 0.3 is 0 Å². The summed E-state index contributed by atoms with van der Waals surface area (Å²) in [6, 6.07) is 4.21. The van der Waals surface area contributed by atoms with Gasteiger partial charge in [-0.25, -0.2) is 12.8 Å². The van der Waals surface area contributed by atoms with Crippen LogP contribution in [0.15, 0.2) is 39.7 Å². The summed E-state index contributed by atoms with van der Waals surface area (Å²) in [7, 11) is -3.77. The van der Waals surface area contributed by atoms with Crippen molar-refractivity contribution in [1.82, 2.24) is 9.21 Å². The summed E-state index contributed by atoms with van der Waals surface area (Å²) < 4.78 is 41.0. The first kappa shape index (κ1) is 15.1. The van der Waals surface area contributed by atoms with Crippen molar-refractivity contribution in [3.8, 4) is 0 Å². The molecule has 0 amide bonds. The lowest BCUT2D eigenvalue weighted by Gasteiger charge is -2.23. The minimum absolute atomic E-state index is 0.213. The molecule has 1 fully saturated rings. The first-order valence-corrected chi connectivity index (χ1v) is 9.06. The zero-order valence-electron chi connectivity index (χ0n) is 11.4. The van der Waals surface area contributed by atoms with Gasteiger partial charge in [-0.15, -0.1) is 0 Å². The molecule has 0 aliphatic carbocycles. The van der Waals surface area contributed by atoms with Crippen molar-refractivity contribution in [2.24, 2.45) is 0 Å². The molecule has 7 heteroatoms. The Bertz CT molecular complexity index is 670. The Labute approximate surface area is 132 Å². The van der Waals surface area contributed by atoms with Crippen molar-refractivity contribution in [3.63, 3.8) is 0 Å². The highest BCUT2D eigenvalue weighted by molar-refractivity contribution is 9.10. The summed E-state index contributed by atoms with van der Waals surface area (Å²) in [4.78, 5) is 1.99. The third-order valence-electron chi connectivity index (χ3n) is 4.00. The van der Waals surface area contributed by atoms with Gasteiger partial charge in [0.05, 0.1) is 0 Å². The lowest BCUT2D eigenvalue weighted by atomic mass is 10.2. The van der Waals surface area contributed by atoms with Crippen LogP contribution in [-0.2, 0) is 10.0 Å². The Morgan fingerprint density at radius 1 is 1.24 bits per heavy atom. The van der Waals surface area contributed by atoms with Gasteiger partial charge in [0, 0.05) is 36.7 Å². The number of benzene rings is 1. The van der Waals surface area contributed by atoms with Crippen molar-refractivity contribution in [2.75, 3.05) is 26.2 Å². The van der Waals surface area contributed by atoms with Crippen LogP contribution in [0.1, 0.15) is 6.42 Å². The number of hydrogen-bond acceptors (Lipinski definition) is 3. The van der Waals surface area contributed by atoms with Gasteiger partial charge in [-0.1, -0.05) is 28.1 Å². The van der Waals surface area contributed by atoms with Crippen molar-refractivity contribution < 1.29 is 12.8 Å². The fraction of sp³-hybridized carbons (Fsp3) is 0.429. The molecule has 0 bridgehead atoms. The fourth-order valence-electron chi connectivity index (χ4n) is 2.83. The Balaban J connectivity index is 1.81. The minimum Gasteiger partial charge on any atom is -0.292 e. The highest BCUT2D eigenvalue weighted by Gasteiger charge is 2.36. The fourth-order valence-corrected chi connectivity index (χ4v) is 4.93. The molecule has 0 saturated carbocycles. The van der Waals surface area contributed by atoms with Crippen LogP contribution in [-0.4, -0.2) is 49.8 Å². The summed E-state index contributed by atoms with van der Waals surface area (Å²) in [6.07, 6.45) is 4.97. The van der Waals surface area contributed by atoms with E-state index in [1.54, 1.807) is 0 Å². The van der Waals surface area contributed by atoms with E-state index in [4.69, 9.17) is 0 Å². The van der Waals surface area contributed by atoms with E-state index in [1.807, 2.05) is 0 Å². The zero-order chi connectivity index (χ0) is 15.0. The summed E-state index contributed by atoms with van der Waals surface area (Å²) in [5.41, 5.74) is 0. The van der Waals surface area contributed by atoms with Crippen LogP contribution in [0.3, 0.4) is 0 Å². The predicted molar refractivity (Wildman–Crippen MR) is 82.0 cm³/mol. The van der Waals surface area contributed by atoms with Crippen LogP contribution in [0.4, 0.5) is 4.39 Å². The molecule has 3 rings (SSSR count). The molecule has 1 aromatic carbocycles. The summed E-state index contributed by atoms with van der Waals surface area (Å²) >= 11 is 3.20. The van der Waals surface area contributed by atoms with Crippen LogP contribution >= 0.6 is 15.9 Å². The third kappa shape index (κ3) is 2.92. The molecular formula is C14H16BrFN2O2S. The molecule has 0 radical (unpaired) electrons. The van der Waals surface area contributed by atoms with Crippen LogP contribution in [0, 0.1) is 5.82 Å². The second-order valence-electron chi connectivity index (χ2n) is 5.31. The molecule has 0 unspecified atom stereocenters. The van der Waals surface area contributed by atoms with Crippen molar-refractivity contribution in [2.45, 2.75) is 17.4 Å². The maximum Gasteiger partial charge on any atom is 0.246 e. The Morgan fingerprint density at radius 2 is 1.95 bits per heavy atom. The number of sulfonamides is 1. The lowest BCUT2D eigenvalue weighted by molar-refractivity contribution is 0.261. The van der Waals surface area contributed by atoms with Crippen LogP contribution < -0.4 is 0 Å². The molecule has 2 aliphatic rings. The monoisotopic (exact) mass is 374 g/mol. The number of halogens is 2. The smallest absolute Gasteiger partial charge is 0.246 e. The molecule has 1 saturated heterocycles. The van der Waals surface area contributed by atoms with E-state index in [1.165, 1.54) is 22.5 Å². The summed E-state index contributed by atoms with van der Waals surface area (Å²) in [5, 5.41) is 0. The lowest BCUT2D eigenvalue weighted by Crippen LogP contribution is -2.37. The second-order valence-corrected chi connectivity index (χ2v) is 8.13. The molecule has 21 heavy (non-hydrogen) atoms. The molecular weight excluding hydrogens is 359 g/mol. The molecule has 0 aromatic heterocycles. The highest BCUT2D eigenvalue weighted by atomic mass is 79.9.